The van der Waals surface area contributed by atoms with Crippen molar-refractivity contribution in [2.45, 2.75) is 26.3 Å². The molecule has 2 atom stereocenters. The summed E-state index contributed by atoms with van der Waals surface area (Å²) in [5.74, 6) is 0. The van der Waals surface area contributed by atoms with Crippen molar-refractivity contribution in [1.82, 2.24) is 5.32 Å². The van der Waals surface area contributed by atoms with Crippen LogP contribution in [0.1, 0.15) is 31.9 Å². The number of hydrogen-bond acceptors (Lipinski definition) is 2. The van der Waals surface area contributed by atoms with Crippen molar-refractivity contribution in [3.63, 3.8) is 0 Å². The molecule has 1 aromatic heterocycles. The molecule has 0 bridgehead atoms. The molecule has 0 amide bonds. The van der Waals surface area contributed by atoms with Gasteiger partial charge in [0, 0.05) is 18.2 Å². The molecule has 2 heterocycles. The fraction of sp³-hybridized carbons (Fsp3) is 0.600. The molecule has 2 heteroatoms. The molecule has 2 nitrogen and oxygen atoms in total. The van der Waals surface area contributed by atoms with E-state index < -0.39 is 0 Å². The SMILES string of the molecule is CCC1(C)CNC1c1ccoc1. The number of rotatable bonds is 2. The normalized spacial score (nSPS) is 34.7. The van der Waals surface area contributed by atoms with Crippen LogP contribution in [-0.2, 0) is 0 Å². The van der Waals surface area contributed by atoms with Gasteiger partial charge in [-0.2, -0.15) is 0 Å². The zero-order chi connectivity index (χ0) is 8.60. The lowest BCUT2D eigenvalue weighted by molar-refractivity contribution is 0.0984. The van der Waals surface area contributed by atoms with Crippen LogP contribution < -0.4 is 5.32 Å². The molecule has 12 heavy (non-hydrogen) atoms. The second-order valence-corrected chi connectivity index (χ2v) is 3.88. The Hall–Kier alpha value is -0.760. The lowest BCUT2D eigenvalue weighted by Gasteiger charge is -2.47. The number of furan rings is 1. The van der Waals surface area contributed by atoms with E-state index in [1.165, 1.54) is 12.0 Å². The van der Waals surface area contributed by atoms with E-state index in [0.29, 0.717) is 11.5 Å². The van der Waals surface area contributed by atoms with Crippen molar-refractivity contribution in [2.24, 2.45) is 5.41 Å². The first-order valence-corrected chi connectivity index (χ1v) is 4.52. The van der Waals surface area contributed by atoms with Crippen LogP contribution in [0.5, 0.6) is 0 Å². The number of hydrogen-bond donors (Lipinski definition) is 1. The first-order valence-electron chi connectivity index (χ1n) is 4.52. The minimum atomic E-state index is 0.434. The predicted molar refractivity (Wildman–Crippen MR) is 47.8 cm³/mol. The molecular weight excluding hydrogens is 150 g/mol. The maximum Gasteiger partial charge on any atom is 0.0950 e. The van der Waals surface area contributed by atoms with E-state index >= 15 is 0 Å². The predicted octanol–water partition coefficient (Wildman–Crippen LogP) is 2.34. The average Bonchev–Trinajstić information content (AvgIpc) is 2.54. The van der Waals surface area contributed by atoms with Crippen molar-refractivity contribution >= 4 is 0 Å². The van der Waals surface area contributed by atoms with Crippen LogP contribution in [0.4, 0.5) is 0 Å². The van der Waals surface area contributed by atoms with Crippen LogP contribution in [-0.4, -0.2) is 6.54 Å². The van der Waals surface area contributed by atoms with E-state index in [0.717, 1.165) is 6.54 Å². The minimum Gasteiger partial charge on any atom is -0.472 e. The van der Waals surface area contributed by atoms with Gasteiger partial charge in [-0.05, 0) is 17.9 Å². The highest BCUT2D eigenvalue weighted by atomic mass is 16.3. The molecule has 0 spiro atoms. The third-order valence-electron chi connectivity index (χ3n) is 3.09. The Morgan fingerprint density at radius 3 is 3.00 bits per heavy atom. The third-order valence-corrected chi connectivity index (χ3v) is 3.09. The van der Waals surface area contributed by atoms with Crippen LogP contribution in [0.2, 0.25) is 0 Å². The molecule has 66 valence electrons. The van der Waals surface area contributed by atoms with Gasteiger partial charge in [-0.1, -0.05) is 13.8 Å². The summed E-state index contributed by atoms with van der Waals surface area (Å²) >= 11 is 0. The largest absolute Gasteiger partial charge is 0.472 e. The molecule has 1 aliphatic rings. The molecule has 0 saturated carbocycles. The highest BCUT2D eigenvalue weighted by molar-refractivity contribution is 5.19. The summed E-state index contributed by atoms with van der Waals surface area (Å²) in [6.07, 6.45) is 4.80. The van der Waals surface area contributed by atoms with Crippen molar-refractivity contribution in [3.8, 4) is 0 Å². The second kappa shape index (κ2) is 2.63. The Bertz CT molecular complexity index is 251. The second-order valence-electron chi connectivity index (χ2n) is 3.88. The van der Waals surface area contributed by atoms with Crippen LogP contribution in [0, 0.1) is 5.41 Å². The standard InChI is InChI=1S/C10H15NO/c1-3-10(2)7-11-9(10)8-4-5-12-6-8/h4-6,9,11H,3,7H2,1-2H3. The van der Waals surface area contributed by atoms with E-state index in [9.17, 15) is 0 Å². The Labute approximate surface area is 73.0 Å². The maximum absolute atomic E-state index is 5.07. The fourth-order valence-electron chi connectivity index (χ4n) is 1.84. The molecule has 2 unspecified atom stereocenters. The molecule has 1 N–H and O–H groups in total. The molecule has 1 aliphatic heterocycles. The summed E-state index contributed by atoms with van der Waals surface area (Å²) in [7, 11) is 0. The van der Waals surface area contributed by atoms with Crippen molar-refractivity contribution in [3.05, 3.63) is 24.2 Å². The quantitative estimate of drug-likeness (QED) is 0.727. The van der Waals surface area contributed by atoms with E-state index in [2.05, 4.69) is 19.2 Å². The molecule has 0 aliphatic carbocycles. The van der Waals surface area contributed by atoms with Crippen LogP contribution in [0.15, 0.2) is 23.0 Å². The summed E-state index contributed by atoms with van der Waals surface area (Å²) in [4.78, 5) is 0. The van der Waals surface area contributed by atoms with Gasteiger partial charge in [-0.3, -0.25) is 0 Å². The Kier molecular flexibility index (Phi) is 1.72. The molecule has 2 rings (SSSR count). The first kappa shape index (κ1) is 7.87. The van der Waals surface area contributed by atoms with E-state index in [4.69, 9.17) is 4.42 Å². The summed E-state index contributed by atoms with van der Waals surface area (Å²) < 4.78 is 5.07. The summed E-state index contributed by atoms with van der Waals surface area (Å²) in [6.45, 7) is 5.69. The van der Waals surface area contributed by atoms with Crippen molar-refractivity contribution < 1.29 is 4.42 Å². The van der Waals surface area contributed by atoms with Crippen LogP contribution >= 0.6 is 0 Å². The first-order chi connectivity index (χ1) is 5.76. The van der Waals surface area contributed by atoms with Gasteiger partial charge in [0.2, 0.25) is 0 Å². The van der Waals surface area contributed by atoms with Crippen LogP contribution in [0.3, 0.4) is 0 Å². The molecule has 0 radical (unpaired) electrons. The topological polar surface area (TPSA) is 25.2 Å². The fourth-order valence-corrected chi connectivity index (χ4v) is 1.84. The van der Waals surface area contributed by atoms with Gasteiger partial charge in [0.15, 0.2) is 0 Å². The van der Waals surface area contributed by atoms with Gasteiger partial charge < -0.3 is 9.73 Å². The highest BCUT2D eigenvalue weighted by Crippen LogP contribution is 2.43. The lowest BCUT2D eigenvalue weighted by atomic mass is 9.71. The molecule has 1 aromatic rings. The monoisotopic (exact) mass is 165 g/mol. The van der Waals surface area contributed by atoms with E-state index in [-0.39, 0.29) is 0 Å². The Balaban J connectivity index is 2.17. The maximum atomic E-state index is 5.07. The minimum absolute atomic E-state index is 0.434. The van der Waals surface area contributed by atoms with Gasteiger partial charge in [0.1, 0.15) is 0 Å². The Morgan fingerprint density at radius 2 is 2.58 bits per heavy atom. The van der Waals surface area contributed by atoms with Crippen molar-refractivity contribution in [2.75, 3.05) is 6.54 Å². The summed E-state index contributed by atoms with van der Waals surface area (Å²) in [5, 5.41) is 3.43. The zero-order valence-corrected chi connectivity index (χ0v) is 7.63. The molecular formula is C10H15NO. The smallest absolute Gasteiger partial charge is 0.0950 e. The van der Waals surface area contributed by atoms with Gasteiger partial charge in [-0.15, -0.1) is 0 Å². The van der Waals surface area contributed by atoms with Crippen molar-refractivity contribution in [1.29, 1.82) is 0 Å². The van der Waals surface area contributed by atoms with Gasteiger partial charge in [0.25, 0.3) is 0 Å². The molecule has 0 aromatic carbocycles. The highest BCUT2D eigenvalue weighted by Gasteiger charge is 2.41. The molecule has 1 saturated heterocycles. The Morgan fingerprint density at radius 1 is 1.75 bits per heavy atom. The average molecular weight is 165 g/mol. The van der Waals surface area contributed by atoms with Crippen LogP contribution in [0.25, 0.3) is 0 Å². The molecule has 1 fully saturated rings. The third kappa shape index (κ3) is 0.985. The zero-order valence-electron chi connectivity index (χ0n) is 7.63. The number of nitrogens with one attached hydrogen (secondary N) is 1. The van der Waals surface area contributed by atoms with Gasteiger partial charge in [-0.25, -0.2) is 0 Å². The summed E-state index contributed by atoms with van der Waals surface area (Å²) in [6, 6.07) is 2.55. The summed E-state index contributed by atoms with van der Waals surface area (Å²) in [5.41, 5.74) is 1.72. The lowest BCUT2D eigenvalue weighted by Crippen LogP contribution is -2.53. The van der Waals surface area contributed by atoms with Gasteiger partial charge >= 0.3 is 0 Å². The van der Waals surface area contributed by atoms with Gasteiger partial charge in [0.05, 0.1) is 12.5 Å². The van der Waals surface area contributed by atoms with E-state index in [1.807, 2.05) is 12.3 Å². The van der Waals surface area contributed by atoms with E-state index in [1.54, 1.807) is 6.26 Å².